The highest BCUT2D eigenvalue weighted by molar-refractivity contribution is 6.41. The van der Waals surface area contributed by atoms with Crippen molar-refractivity contribution in [3.05, 3.63) is 0 Å². The van der Waals surface area contributed by atoms with Crippen LogP contribution in [0.15, 0.2) is 0 Å². The average molecular weight is 159 g/mol. The van der Waals surface area contributed by atoms with Crippen molar-refractivity contribution in [1.29, 1.82) is 0 Å². The number of hydrogen-bond acceptors (Lipinski definition) is 1. The molecule has 0 aliphatic heterocycles. The average Bonchev–Trinajstić information content (AvgIpc) is 1.59. The third-order valence-corrected chi connectivity index (χ3v) is 3.79. The van der Waals surface area contributed by atoms with Gasteiger partial charge < -0.3 is 5.32 Å². The minimum atomic E-state index is 0.101. The monoisotopic (exact) mass is 159 g/mol. The summed E-state index contributed by atoms with van der Waals surface area (Å²) in [5.74, 6) is 0. The van der Waals surface area contributed by atoms with Gasteiger partial charge in [-0.25, -0.2) is 0 Å². The van der Waals surface area contributed by atoms with E-state index in [0.29, 0.717) is 5.04 Å². The summed E-state index contributed by atoms with van der Waals surface area (Å²) in [6.45, 7) is 10.6. The van der Waals surface area contributed by atoms with Gasteiger partial charge in [-0.15, -0.1) is 0 Å². The van der Waals surface area contributed by atoms with Gasteiger partial charge >= 0.3 is 0 Å². The molecule has 0 aliphatic carbocycles. The van der Waals surface area contributed by atoms with Crippen molar-refractivity contribution in [3.63, 3.8) is 0 Å². The van der Waals surface area contributed by atoms with E-state index in [-0.39, 0.29) is 9.52 Å². The molecule has 0 aromatic carbocycles. The second-order valence-electron chi connectivity index (χ2n) is 4.29. The lowest BCUT2D eigenvalue weighted by Gasteiger charge is -2.25. The van der Waals surface area contributed by atoms with E-state index in [9.17, 15) is 0 Å². The first-order chi connectivity index (χ1) is 4.48. The van der Waals surface area contributed by atoms with Gasteiger partial charge in [0.1, 0.15) is 0 Å². The van der Waals surface area contributed by atoms with Crippen molar-refractivity contribution >= 4 is 9.52 Å². The smallest absolute Gasteiger partial charge is 0.0305 e. The topological polar surface area (TPSA) is 12.0 Å². The van der Waals surface area contributed by atoms with E-state index in [2.05, 4.69) is 33.0 Å². The lowest BCUT2D eigenvalue weighted by atomic mass is 10.2. The highest BCUT2D eigenvalue weighted by atomic mass is 28.2. The molecule has 0 spiro atoms. The molecular formula is C8H21NSi. The minimum absolute atomic E-state index is 0.101. The molecule has 0 aliphatic rings. The van der Waals surface area contributed by atoms with Gasteiger partial charge in [-0.05, 0) is 18.6 Å². The maximum Gasteiger partial charge on any atom is 0.0305 e. The Kier molecular flexibility index (Phi) is 4.21. The SMILES string of the molecule is CNCC(C)(C)[SiH2]C(C)C. The fourth-order valence-electron chi connectivity index (χ4n) is 1.66. The molecule has 62 valence electrons. The molecule has 0 atom stereocenters. The molecule has 10 heavy (non-hydrogen) atoms. The molecule has 0 radical (unpaired) electrons. The van der Waals surface area contributed by atoms with Crippen LogP contribution in [0.1, 0.15) is 27.7 Å². The van der Waals surface area contributed by atoms with Crippen LogP contribution in [0.3, 0.4) is 0 Å². The van der Waals surface area contributed by atoms with E-state index >= 15 is 0 Å². The molecule has 0 saturated carbocycles. The summed E-state index contributed by atoms with van der Waals surface area (Å²) in [5.41, 5.74) is 0.948. The van der Waals surface area contributed by atoms with Crippen LogP contribution in [-0.2, 0) is 0 Å². The van der Waals surface area contributed by atoms with E-state index in [1.165, 1.54) is 6.54 Å². The minimum Gasteiger partial charge on any atom is -0.320 e. The van der Waals surface area contributed by atoms with Gasteiger partial charge in [0.15, 0.2) is 0 Å². The van der Waals surface area contributed by atoms with Crippen LogP contribution in [-0.4, -0.2) is 23.1 Å². The lowest BCUT2D eigenvalue weighted by Crippen LogP contribution is -2.27. The van der Waals surface area contributed by atoms with Crippen LogP contribution in [0.4, 0.5) is 0 Å². The Morgan fingerprint density at radius 3 is 2.20 bits per heavy atom. The number of rotatable bonds is 4. The maximum atomic E-state index is 3.25. The Morgan fingerprint density at radius 2 is 1.90 bits per heavy atom. The van der Waals surface area contributed by atoms with Gasteiger partial charge in [0.05, 0.1) is 0 Å². The predicted molar refractivity (Wildman–Crippen MR) is 51.6 cm³/mol. The summed E-state index contributed by atoms with van der Waals surface area (Å²) in [4.78, 5) is 0. The second-order valence-corrected chi connectivity index (χ2v) is 8.25. The van der Waals surface area contributed by atoms with E-state index < -0.39 is 0 Å². The first kappa shape index (κ1) is 10.2. The molecule has 0 amide bonds. The zero-order chi connectivity index (χ0) is 8.20. The predicted octanol–water partition coefficient (Wildman–Crippen LogP) is 1.40. The largest absolute Gasteiger partial charge is 0.320 e. The van der Waals surface area contributed by atoms with Crippen LogP contribution < -0.4 is 5.32 Å². The molecule has 2 heteroatoms. The second kappa shape index (κ2) is 4.14. The standard InChI is InChI=1S/C8H21NSi/c1-7(2)10-8(3,4)6-9-5/h7,9H,6,10H2,1-5H3. The normalized spacial score (nSPS) is 13.8. The molecule has 0 bridgehead atoms. The maximum absolute atomic E-state index is 3.25. The van der Waals surface area contributed by atoms with Crippen LogP contribution in [0.25, 0.3) is 0 Å². The highest BCUT2D eigenvalue weighted by Crippen LogP contribution is 2.25. The molecule has 0 saturated heterocycles. The van der Waals surface area contributed by atoms with Gasteiger partial charge in [0.2, 0.25) is 0 Å². The zero-order valence-corrected chi connectivity index (χ0v) is 9.41. The zero-order valence-electron chi connectivity index (χ0n) is 7.99. The molecule has 0 aromatic heterocycles. The summed E-state index contributed by atoms with van der Waals surface area (Å²) in [5, 5.41) is 3.85. The van der Waals surface area contributed by atoms with Crippen LogP contribution in [0, 0.1) is 0 Å². The molecule has 0 heterocycles. The molecular weight excluding hydrogens is 138 g/mol. The third kappa shape index (κ3) is 5.00. The first-order valence-electron chi connectivity index (χ1n) is 4.12. The molecule has 1 nitrogen and oxygen atoms in total. The fourth-order valence-corrected chi connectivity index (χ4v) is 4.26. The van der Waals surface area contributed by atoms with Crippen molar-refractivity contribution in [3.8, 4) is 0 Å². The molecule has 0 rings (SSSR count). The first-order valence-corrected chi connectivity index (χ1v) is 5.65. The van der Waals surface area contributed by atoms with Crippen molar-refractivity contribution in [2.24, 2.45) is 0 Å². The summed E-state index contributed by atoms with van der Waals surface area (Å²) in [6.07, 6.45) is 0. The Hall–Kier alpha value is 0.177. The number of nitrogens with one attached hydrogen (secondary N) is 1. The van der Waals surface area contributed by atoms with Crippen molar-refractivity contribution in [2.75, 3.05) is 13.6 Å². The van der Waals surface area contributed by atoms with E-state index in [1.54, 1.807) is 0 Å². The van der Waals surface area contributed by atoms with E-state index in [4.69, 9.17) is 0 Å². The third-order valence-electron chi connectivity index (χ3n) is 1.62. The lowest BCUT2D eigenvalue weighted by molar-refractivity contribution is 0.603. The Bertz CT molecular complexity index is 89.3. The molecule has 0 aromatic rings. The fraction of sp³-hybridized carbons (Fsp3) is 1.00. The van der Waals surface area contributed by atoms with Crippen molar-refractivity contribution in [2.45, 2.75) is 38.3 Å². The van der Waals surface area contributed by atoms with E-state index in [1.807, 2.05) is 7.05 Å². The van der Waals surface area contributed by atoms with Crippen LogP contribution in [0.2, 0.25) is 10.6 Å². The number of hydrogen-bond donors (Lipinski definition) is 1. The summed E-state index contributed by atoms with van der Waals surface area (Å²) < 4.78 is 0. The summed E-state index contributed by atoms with van der Waals surface area (Å²) in [7, 11) is 2.14. The Morgan fingerprint density at radius 1 is 1.40 bits per heavy atom. The van der Waals surface area contributed by atoms with Crippen LogP contribution in [0.5, 0.6) is 0 Å². The Labute approximate surface area is 67.4 Å². The highest BCUT2D eigenvalue weighted by Gasteiger charge is 2.18. The van der Waals surface area contributed by atoms with Crippen LogP contribution >= 0.6 is 0 Å². The molecule has 0 unspecified atom stereocenters. The van der Waals surface area contributed by atoms with E-state index in [0.717, 1.165) is 5.54 Å². The quantitative estimate of drug-likeness (QED) is 0.612. The summed E-state index contributed by atoms with van der Waals surface area (Å²) in [6, 6.07) is 0. The van der Waals surface area contributed by atoms with Gasteiger partial charge in [0, 0.05) is 9.52 Å². The Balaban J connectivity index is 3.63. The van der Waals surface area contributed by atoms with Crippen molar-refractivity contribution in [1.82, 2.24) is 5.32 Å². The molecule has 1 N–H and O–H groups in total. The summed E-state index contributed by atoms with van der Waals surface area (Å²) >= 11 is 0. The van der Waals surface area contributed by atoms with Gasteiger partial charge in [0.25, 0.3) is 0 Å². The van der Waals surface area contributed by atoms with Gasteiger partial charge in [-0.3, -0.25) is 0 Å². The van der Waals surface area contributed by atoms with Gasteiger partial charge in [-0.2, -0.15) is 0 Å². The van der Waals surface area contributed by atoms with Crippen molar-refractivity contribution < 1.29 is 0 Å². The van der Waals surface area contributed by atoms with Gasteiger partial charge in [-0.1, -0.05) is 33.2 Å². The molecule has 0 fully saturated rings.